The Hall–Kier alpha value is -2.09. The van der Waals surface area contributed by atoms with Crippen molar-refractivity contribution < 1.29 is 4.79 Å². The topological polar surface area (TPSA) is 20.3 Å². The van der Waals surface area contributed by atoms with Crippen molar-refractivity contribution in [1.82, 2.24) is 0 Å². The predicted molar refractivity (Wildman–Crippen MR) is 82.6 cm³/mol. The van der Waals surface area contributed by atoms with Gasteiger partial charge in [0.25, 0.3) is 0 Å². The van der Waals surface area contributed by atoms with Gasteiger partial charge in [-0.15, -0.1) is 0 Å². The van der Waals surface area contributed by atoms with Crippen molar-refractivity contribution in [3.63, 3.8) is 0 Å². The summed E-state index contributed by atoms with van der Waals surface area (Å²) in [7, 11) is 0. The summed E-state index contributed by atoms with van der Waals surface area (Å²) in [5.74, 6) is 0.567. The molecule has 1 fully saturated rings. The molecule has 3 rings (SSSR count). The molecule has 0 amide bonds. The van der Waals surface area contributed by atoms with E-state index in [1.807, 2.05) is 13.0 Å². The van der Waals surface area contributed by atoms with Crippen LogP contribution in [0.2, 0.25) is 0 Å². The van der Waals surface area contributed by atoms with Gasteiger partial charge in [-0.3, -0.25) is 4.79 Å². The van der Waals surface area contributed by atoms with Crippen molar-refractivity contribution in [3.8, 4) is 0 Å². The Morgan fingerprint density at radius 3 is 2.70 bits per heavy atom. The van der Waals surface area contributed by atoms with Crippen LogP contribution in [0.15, 0.2) is 48.5 Å². The van der Waals surface area contributed by atoms with Gasteiger partial charge in [-0.05, 0) is 31.0 Å². The number of rotatable bonds is 3. The van der Waals surface area contributed by atoms with Crippen molar-refractivity contribution in [1.29, 1.82) is 0 Å². The van der Waals surface area contributed by atoms with Crippen LogP contribution in [0.4, 0.5) is 5.69 Å². The maximum atomic E-state index is 11.3. The van der Waals surface area contributed by atoms with Crippen LogP contribution in [0.1, 0.15) is 33.8 Å². The van der Waals surface area contributed by atoms with Crippen molar-refractivity contribution in [2.75, 3.05) is 18.0 Å². The smallest absolute Gasteiger partial charge is 0.152 e. The van der Waals surface area contributed by atoms with Crippen LogP contribution >= 0.6 is 0 Å². The molecule has 1 saturated heterocycles. The van der Waals surface area contributed by atoms with Gasteiger partial charge in [0.1, 0.15) is 0 Å². The van der Waals surface area contributed by atoms with Gasteiger partial charge < -0.3 is 4.90 Å². The van der Waals surface area contributed by atoms with E-state index in [0.29, 0.717) is 5.92 Å². The molecule has 0 saturated carbocycles. The minimum absolute atomic E-state index is 0.567. The highest BCUT2D eigenvalue weighted by molar-refractivity contribution is 5.85. The third-order valence-electron chi connectivity index (χ3n) is 4.11. The number of anilines is 1. The molecule has 2 aromatic carbocycles. The van der Waals surface area contributed by atoms with Crippen molar-refractivity contribution in [2.24, 2.45) is 0 Å². The molecular formula is C18H19NO. The van der Waals surface area contributed by atoms with Crippen LogP contribution < -0.4 is 4.90 Å². The second-order valence-electron chi connectivity index (χ2n) is 5.52. The van der Waals surface area contributed by atoms with Gasteiger partial charge >= 0.3 is 0 Å². The lowest BCUT2D eigenvalue weighted by Crippen LogP contribution is -2.20. The van der Waals surface area contributed by atoms with E-state index in [1.54, 1.807) is 0 Å². The Morgan fingerprint density at radius 1 is 1.15 bits per heavy atom. The fourth-order valence-electron chi connectivity index (χ4n) is 3.03. The number of aldehydes is 1. The second-order valence-corrected chi connectivity index (χ2v) is 5.52. The molecule has 1 unspecified atom stereocenters. The van der Waals surface area contributed by atoms with E-state index in [2.05, 4.69) is 47.4 Å². The highest BCUT2D eigenvalue weighted by Crippen LogP contribution is 2.32. The van der Waals surface area contributed by atoms with E-state index >= 15 is 0 Å². The Morgan fingerprint density at radius 2 is 1.95 bits per heavy atom. The third kappa shape index (κ3) is 2.46. The van der Waals surface area contributed by atoms with Crippen molar-refractivity contribution in [3.05, 3.63) is 65.2 Å². The zero-order valence-corrected chi connectivity index (χ0v) is 11.8. The van der Waals surface area contributed by atoms with E-state index in [9.17, 15) is 4.79 Å². The molecule has 102 valence electrons. The summed E-state index contributed by atoms with van der Waals surface area (Å²) in [6.45, 7) is 4.03. The average molecular weight is 265 g/mol. The molecule has 0 aromatic heterocycles. The largest absolute Gasteiger partial charge is 0.370 e. The number of carbonyl (C=O) groups is 1. The summed E-state index contributed by atoms with van der Waals surface area (Å²) < 4.78 is 0. The fraction of sp³-hybridized carbons (Fsp3) is 0.278. The fourth-order valence-corrected chi connectivity index (χ4v) is 3.03. The first-order valence-corrected chi connectivity index (χ1v) is 7.13. The molecule has 0 N–H and O–H groups in total. The molecule has 2 heteroatoms. The van der Waals surface area contributed by atoms with Crippen LogP contribution in [0.5, 0.6) is 0 Å². The Balaban J connectivity index is 1.82. The molecule has 1 aliphatic heterocycles. The molecule has 1 aliphatic rings. The van der Waals surface area contributed by atoms with E-state index in [-0.39, 0.29) is 0 Å². The molecule has 0 bridgehead atoms. The second kappa shape index (κ2) is 5.49. The molecule has 1 atom stereocenters. The molecule has 1 heterocycles. The first-order valence-electron chi connectivity index (χ1n) is 7.13. The van der Waals surface area contributed by atoms with Gasteiger partial charge in [0.15, 0.2) is 6.29 Å². The van der Waals surface area contributed by atoms with Gasteiger partial charge in [0.2, 0.25) is 0 Å². The third-order valence-corrected chi connectivity index (χ3v) is 4.11. The quantitative estimate of drug-likeness (QED) is 0.787. The first-order chi connectivity index (χ1) is 9.78. The van der Waals surface area contributed by atoms with E-state index in [0.717, 1.165) is 42.6 Å². The monoisotopic (exact) mass is 265 g/mol. The molecular weight excluding hydrogens is 246 g/mol. The van der Waals surface area contributed by atoms with Crippen LogP contribution in [0.3, 0.4) is 0 Å². The van der Waals surface area contributed by atoms with Gasteiger partial charge in [-0.2, -0.15) is 0 Å². The lowest BCUT2D eigenvalue weighted by atomic mass is 9.99. The van der Waals surface area contributed by atoms with Crippen LogP contribution in [0.25, 0.3) is 0 Å². The molecule has 0 aliphatic carbocycles. The normalized spacial score (nSPS) is 18.2. The predicted octanol–water partition coefficient (Wildman–Crippen LogP) is 3.80. The average Bonchev–Trinajstić information content (AvgIpc) is 2.97. The summed E-state index contributed by atoms with van der Waals surface area (Å²) in [5, 5.41) is 0. The molecule has 0 radical (unpaired) electrons. The zero-order chi connectivity index (χ0) is 13.9. The number of carbonyl (C=O) groups excluding carboxylic acids is 1. The van der Waals surface area contributed by atoms with Crippen LogP contribution in [0, 0.1) is 6.92 Å². The Bertz CT molecular complexity index is 606. The van der Waals surface area contributed by atoms with Gasteiger partial charge in [-0.25, -0.2) is 0 Å². The molecule has 2 aromatic rings. The number of aryl methyl sites for hydroxylation is 1. The Labute approximate surface area is 120 Å². The molecule has 2 nitrogen and oxygen atoms in total. The SMILES string of the molecule is Cc1ccc(N2CCC(c3ccccc3)C2)c(C=O)c1. The number of hydrogen-bond donors (Lipinski definition) is 0. The minimum atomic E-state index is 0.567. The summed E-state index contributed by atoms with van der Waals surface area (Å²) in [4.78, 5) is 13.6. The van der Waals surface area contributed by atoms with Crippen LogP contribution in [-0.4, -0.2) is 19.4 Å². The number of nitrogens with zero attached hydrogens (tertiary/aromatic N) is 1. The van der Waals surface area contributed by atoms with Gasteiger partial charge in [0.05, 0.1) is 0 Å². The highest BCUT2D eigenvalue weighted by Gasteiger charge is 2.25. The molecule has 0 spiro atoms. The van der Waals surface area contributed by atoms with E-state index < -0.39 is 0 Å². The maximum Gasteiger partial charge on any atom is 0.152 e. The lowest BCUT2D eigenvalue weighted by molar-refractivity contribution is 0.112. The van der Waals surface area contributed by atoms with E-state index in [1.165, 1.54) is 5.56 Å². The van der Waals surface area contributed by atoms with E-state index in [4.69, 9.17) is 0 Å². The number of hydrogen-bond acceptors (Lipinski definition) is 2. The highest BCUT2D eigenvalue weighted by atomic mass is 16.1. The minimum Gasteiger partial charge on any atom is -0.370 e. The Kier molecular flexibility index (Phi) is 3.55. The lowest BCUT2D eigenvalue weighted by Gasteiger charge is -2.21. The van der Waals surface area contributed by atoms with Gasteiger partial charge in [-0.1, -0.05) is 42.0 Å². The summed E-state index contributed by atoms with van der Waals surface area (Å²) in [6, 6.07) is 16.8. The van der Waals surface area contributed by atoms with Gasteiger partial charge in [0, 0.05) is 30.3 Å². The first kappa shape index (κ1) is 12.9. The van der Waals surface area contributed by atoms with Crippen molar-refractivity contribution in [2.45, 2.75) is 19.3 Å². The van der Waals surface area contributed by atoms with Crippen molar-refractivity contribution >= 4 is 12.0 Å². The number of benzene rings is 2. The summed E-state index contributed by atoms with van der Waals surface area (Å²) in [5.41, 5.74) is 4.41. The molecule has 20 heavy (non-hydrogen) atoms. The maximum absolute atomic E-state index is 11.3. The van der Waals surface area contributed by atoms with Crippen LogP contribution in [-0.2, 0) is 0 Å². The summed E-state index contributed by atoms with van der Waals surface area (Å²) in [6.07, 6.45) is 2.12. The standard InChI is InChI=1S/C18H19NO/c1-14-7-8-18(17(11-14)13-20)19-10-9-16(12-19)15-5-3-2-4-6-15/h2-8,11,13,16H,9-10,12H2,1H3. The zero-order valence-electron chi connectivity index (χ0n) is 11.8. The summed E-state index contributed by atoms with van der Waals surface area (Å²) >= 11 is 0.